The SMILES string of the molecule is CC1CSCCN1C(=O)Oc1ccccc1. The van der Waals surface area contributed by atoms with Crippen molar-refractivity contribution in [2.75, 3.05) is 18.1 Å². The number of carbonyl (C=O) groups is 1. The van der Waals surface area contributed by atoms with Crippen LogP contribution >= 0.6 is 11.8 Å². The van der Waals surface area contributed by atoms with Crippen LogP contribution in [0.5, 0.6) is 5.75 Å². The molecule has 1 fully saturated rings. The van der Waals surface area contributed by atoms with Gasteiger partial charge in [-0.2, -0.15) is 11.8 Å². The summed E-state index contributed by atoms with van der Waals surface area (Å²) in [6.07, 6.45) is -0.237. The van der Waals surface area contributed by atoms with Crippen LogP contribution in [0.2, 0.25) is 0 Å². The van der Waals surface area contributed by atoms with Gasteiger partial charge in [-0.25, -0.2) is 4.79 Å². The monoisotopic (exact) mass is 237 g/mol. The molecule has 1 aromatic rings. The predicted octanol–water partition coefficient (Wildman–Crippen LogP) is 2.62. The number of hydrogen-bond donors (Lipinski definition) is 0. The van der Waals surface area contributed by atoms with E-state index in [0.29, 0.717) is 5.75 Å². The lowest BCUT2D eigenvalue weighted by atomic mass is 10.3. The van der Waals surface area contributed by atoms with Gasteiger partial charge in [-0.05, 0) is 19.1 Å². The first-order valence-electron chi connectivity index (χ1n) is 5.38. The van der Waals surface area contributed by atoms with Crippen LogP contribution in [0.25, 0.3) is 0 Å². The molecule has 3 nitrogen and oxygen atoms in total. The summed E-state index contributed by atoms with van der Waals surface area (Å²) in [6.45, 7) is 2.83. The Labute approximate surface area is 99.8 Å². The molecule has 1 atom stereocenters. The summed E-state index contributed by atoms with van der Waals surface area (Å²) in [7, 11) is 0. The second-order valence-electron chi connectivity index (χ2n) is 3.80. The number of rotatable bonds is 1. The molecule has 1 amide bonds. The molecule has 0 radical (unpaired) electrons. The van der Waals surface area contributed by atoms with E-state index < -0.39 is 0 Å². The summed E-state index contributed by atoms with van der Waals surface area (Å²) in [4.78, 5) is 13.7. The number of carbonyl (C=O) groups excluding carboxylic acids is 1. The minimum Gasteiger partial charge on any atom is -0.410 e. The fourth-order valence-electron chi connectivity index (χ4n) is 1.65. The van der Waals surface area contributed by atoms with Crippen LogP contribution in [0.1, 0.15) is 6.92 Å². The van der Waals surface area contributed by atoms with E-state index in [0.717, 1.165) is 18.1 Å². The third-order valence-corrected chi connectivity index (χ3v) is 3.74. The van der Waals surface area contributed by atoms with E-state index in [1.807, 2.05) is 30.0 Å². The van der Waals surface area contributed by atoms with Gasteiger partial charge in [0.25, 0.3) is 0 Å². The maximum Gasteiger partial charge on any atom is 0.415 e. The molecule has 86 valence electrons. The Hall–Kier alpha value is -1.16. The molecule has 0 aromatic heterocycles. The van der Waals surface area contributed by atoms with Crippen molar-refractivity contribution in [2.45, 2.75) is 13.0 Å². The highest BCUT2D eigenvalue weighted by molar-refractivity contribution is 7.99. The zero-order valence-corrected chi connectivity index (χ0v) is 10.1. The van der Waals surface area contributed by atoms with Crippen molar-refractivity contribution in [1.82, 2.24) is 4.90 Å². The van der Waals surface area contributed by atoms with E-state index >= 15 is 0 Å². The second-order valence-corrected chi connectivity index (χ2v) is 4.95. The molecule has 1 heterocycles. The zero-order chi connectivity index (χ0) is 11.4. The van der Waals surface area contributed by atoms with Crippen molar-refractivity contribution in [3.8, 4) is 5.75 Å². The van der Waals surface area contributed by atoms with E-state index in [9.17, 15) is 4.79 Å². The molecular formula is C12H15NO2S. The fraction of sp³-hybridized carbons (Fsp3) is 0.417. The molecule has 16 heavy (non-hydrogen) atoms. The summed E-state index contributed by atoms with van der Waals surface area (Å²) in [5.74, 6) is 2.59. The first kappa shape index (κ1) is 11.3. The van der Waals surface area contributed by atoms with E-state index in [-0.39, 0.29) is 12.1 Å². The Morgan fingerprint density at radius 1 is 1.44 bits per heavy atom. The Morgan fingerprint density at radius 2 is 2.19 bits per heavy atom. The predicted molar refractivity (Wildman–Crippen MR) is 66.0 cm³/mol. The minimum absolute atomic E-state index is 0.237. The first-order valence-corrected chi connectivity index (χ1v) is 6.54. The number of amides is 1. The smallest absolute Gasteiger partial charge is 0.410 e. The molecule has 0 spiro atoms. The third-order valence-electron chi connectivity index (χ3n) is 2.55. The molecule has 1 saturated heterocycles. The van der Waals surface area contributed by atoms with Crippen LogP contribution in [0, 0.1) is 0 Å². The Balaban J connectivity index is 1.97. The second kappa shape index (κ2) is 5.25. The highest BCUT2D eigenvalue weighted by Crippen LogP contribution is 2.18. The molecular weight excluding hydrogens is 222 g/mol. The number of nitrogens with zero attached hydrogens (tertiary/aromatic N) is 1. The number of hydrogen-bond acceptors (Lipinski definition) is 3. The lowest BCUT2D eigenvalue weighted by Crippen LogP contribution is -2.45. The van der Waals surface area contributed by atoms with Gasteiger partial charge in [0.05, 0.1) is 0 Å². The van der Waals surface area contributed by atoms with Gasteiger partial charge in [0.1, 0.15) is 5.75 Å². The van der Waals surface area contributed by atoms with E-state index in [2.05, 4.69) is 6.92 Å². The quantitative estimate of drug-likeness (QED) is 0.752. The van der Waals surface area contributed by atoms with Crippen LogP contribution in [-0.2, 0) is 0 Å². The van der Waals surface area contributed by atoms with Gasteiger partial charge in [0.15, 0.2) is 0 Å². The highest BCUT2D eigenvalue weighted by Gasteiger charge is 2.24. The number of benzene rings is 1. The van der Waals surface area contributed by atoms with Crippen molar-refractivity contribution < 1.29 is 9.53 Å². The number of ether oxygens (including phenoxy) is 1. The standard InChI is InChI=1S/C12H15NO2S/c1-10-9-16-8-7-13(10)12(14)15-11-5-3-2-4-6-11/h2-6,10H,7-9H2,1H3. The van der Waals surface area contributed by atoms with Crippen molar-refractivity contribution in [1.29, 1.82) is 0 Å². The number of thioether (sulfide) groups is 1. The molecule has 2 rings (SSSR count). The summed E-state index contributed by atoms with van der Waals surface area (Å²) < 4.78 is 5.30. The molecule has 0 N–H and O–H groups in total. The third kappa shape index (κ3) is 2.70. The van der Waals surface area contributed by atoms with Gasteiger partial charge in [-0.15, -0.1) is 0 Å². The summed E-state index contributed by atoms with van der Waals surface area (Å²) >= 11 is 1.88. The van der Waals surface area contributed by atoms with Crippen LogP contribution in [-0.4, -0.2) is 35.1 Å². The summed E-state index contributed by atoms with van der Waals surface area (Å²) in [5.41, 5.74) is 0. The average Bonchev–Trinajstić information content (AvgIpc) is 2.31. The van der Waals surface area contributed by atoms with Crippen molar-refractivity contribution >= 4 is 17.9 Å². The number of para-hydroxylation sites is 1. The molecule has 1 aliphatic rings. The minimum atomic E-state index is -0.237. The normalized spacial score (nSPS) is 20.6. The van der Waals surface area contributed by atoms with Gasteiger partial charge < -0.3 is 9.64 Å². The van der Waals surface area contributed by atoms with E-state index in [1.54, 1.807) is 17.0 Å². The first-order chi connectivity index (χ1) is 7.77. The molecule has 4 heteroatoms. The van der Waals surface area contributed by atoms with Gasteiger partial charge in [-0.3, -0.25) is 0 Å². The van der Waals surface area contributed by atoms with E-state index in [4.69, 9.17) is 4.74 Å². The fourth-order valence-corrected chi connectivity index (χ4v) is 2.66. The van der Waals surface area contributed by atoms with Gasteiger partial charge in [-0.1, -0.05) is 18.2 Å². The van der Waals surface area contributed by atoms with Crippen molar-refractivity contribution in [3.63, 3.8) is 0 Å². The van der Waals surface area contributed by atoms with Crippen molar-refractivity contribution in [2.24, 2.45) is 0 Å². The molecule has 0 bridgehead atoms. The van der Waals surface area contributed by atoms with Gasteiger partial charge in [0.2, 0.25) is 0 Å². The molecule has 0 aliphatic carbocycles. The Kier molecular flexibility index (Phi) is 3.72. The van der Waals surface area contributed by atoms with Gasteiger partial charge >= 0.3 is 6.09 Å². The molecule has 1 unspecified atom stereocenters. The van der Waals surface area contributed by atoms with Crippen molar-refractivity contribution in [3.05, 3.63) is 30.3 Å². The maximum atomic E-state index is 11.9. The van der Waals surface area contributed by atoms with E-state index in [1.165, 1.54) is 0 Å². The zero-order valence-electron chi connectivity index (χ0n) is 9.26. The lowest BCUT2D eigenvalue weighted by molar-refractivity contribution is 0.141. The maximum absolute atomic E-state index is 11.9. The molecule has 1 aliphatic heterocycles. The highest BCUT2D eigenvalue weighted by atomic mass is 32.2. The van der Waals surface area contributed by atoms with Crippen LogP contribution in [0.15, 0.2) is 30.3 Å². The van der Waals surface area contributed by atoms with Crippen LogP contribution < -0.4 is 4.74 Å². The molecule has 1 aromatic carbocycles. The summed E-state index contributed by atoms with van der Waals surface area (Å²) in [6, 6.07) is 9.46. The average molecular weight is 237 g/mol. The van der Waals surface area contributed by atoms with Crippen LogP contribution in [0.4, 0.5) is 4.79 Å². The largest absolute Gasteiger partial charge is 0.415 e. The van der Waals surface area contributed by atoms with Crippen LogP contribution in [0.3, 0.4) is 0 Å². The lowest BCUT2D eigenvalue weighted by Gasteiger charge is -2.31. The Morgan fingerprint density at radius 3 is 2.88 bits per heavy atom. The molecule has 0 saturated carbocycles. The summed E-state index contributed by atoms with van der Waals surface area (Å²) in [5, 5.41) is 0. The topological polar surface area (TPSA) is 29.5 Å². The van der Waals surface area contributed by atoms with Gasteiger partial charge in [0, 0.05) is 24.1 Å². The Bertz CT molecular complexity index is 355.